The average Bonchev–Trinajstić information content (AvgIpc) is 2.99. The topological polar surface area (TPSA) is 76.7 Å². The van der Waals surface area contributed by atoms with Gasteiger partial charge in [0.2, 0.25) is 0 Å². The van der Waals surface area contributed by atoms with Crippen molar-refractivity contribution in [2.24, 2.45) is 0 Å². The van der Waals surface area contributed by atoms with Crippen LogP contribution in [0.15, 0.2) is 37.1 Å². The molecule has 0 fully saturated rings. The minimum absolute atomic E-state index is 0.0944. The summed E-state index contributed by atoms with van der Waals surface area (Å²) >= 11 is 0. The molecule has 1 N–H and O–H groups in total. The van der Waals surface area contributed by atoms with Crippen LogP contribution in [0.1, 0.15) is 29.9 Å². The Morgan fingerprint density at radius 3 is 2.58 bits per heavy atom. The lowest BCUT2D eigenvalue weighted by atomic mass is 9.79. The SMILES string of the molecule is Cc1ncn(CC(O)(c2ccc(F)cc2F)C(C)c2ncncc2F)n1. The summed E-state index contributed by atoms with van der Waals surface area (Å²) in [6, 6.07) is 2.82. The van der Waals surface area contributed by atoms with E-state index in [1.54, 1.807) is 6.92 Å². The molecule has 26 heavy (non-hydrogen) atoms. The maximum atomic E-state index is 14.5. The Hall–Kier alpha value is -2.81. The lowest BCUT2D eigenvalue weighted by molar-refractivity contribution is -0.0134. The second-order valence-corrected chi connectivity index (χ2v) is 6.02. The highest BCUT2D eigenvalue weighted by Gasteiger charge is 2.41. The van der Waals surface area contributed by atoms with Crippen LogP contribution in [0.5, 0.6) is 0 Å². The molecule has 0 spiro atoms. The third kappa shape index (κ3) is 3.30. The second-order valence-electron chi connectivity index (χ2n) is 6.02. The highest BCUT2D eigenvalue weighted by Crippen LogP contribution is 2.39. The summed E-state index contributed by atoms with van der Waals surface area (Å²) in [5.41, 5.74) is -2.26. The van der Waals surface area contributed by atoms with Gasteiger partial charge in [0, 0.05) is 17.5 Å². The van der Waals surface area contributed by atoms with Gasteiger partial charge < -0.3 is 5.11 Å². The fourth-order valence-corrected chi connectivity index (χ4v) is 2.87. The molecule has 136 valence electrons. The summed E-state index contributed by atoms with van der Waals surface area (Å²) in [6.45, 7) is 2.92. The minimum Gasteiger partial charge on any atom is -0.382 e. The van der Waals surface area contributed by atoms with Gasteiger partial charge in [0.05, 0.1) is 18.4 Å². The van der Waals surface area contributed by atoms with Crippen LogP contribution in [-0.2, 0) is 12.1 Å². The molecule has 0 amide bonds. The Morgan fingerprint density at radius 2 is 1.96 bits per heavy atom. The van der Waals surface area contributed by atoms with Crippen LogP contribution >= 0.6 is 0 Å². The Bertz CT molecular complexity index is 932. The van der Waals surface area contributed by atoms with Gasteiger partial charge in [-0.1, -0.05) is 13.0 Å². The number of benzene rings is 1. The summed E-state index contributed by atoms with van der Waals surface area (Å²) < 4.78 is 43.3. The van der Waals surface area contributed by atoms with Gasteiger partial charge in [-0.2, -0.15) is 5.10 Å². The van der Waals surface area contributed by atoms with Crippen molar-refractivity contribution in [3.05, 3.63) is 71.6 Å². The molecule has 2 heterocycles. The molecule has 0 aliphatic heterocycles. The molecule has 0 saturated heterocycles. The van der Waals surface area contributed by atoms with Crippen molar-refractivity contribution in [3.63, 3.8) is 0 Å². The standard InChI is InChI=1S/C17H16F3N5O/c1-10(16-15(20)6-21-8-22-16)17(26,7-25-9-23-11(2)24-25)13-4-3-12(18)5-14(13)19/h3-6,8-10,26H,7H2,1-2H3. The molecular formula is C17H16F3N5O. The molecule has 2 atom stereocenters. The maximum Gasteiger partial charge on any atom is 0.163 e. The van der Waals surface area contributed by atoms with Gasteiger partial charge in [-0.25, -0.2) is 32.8 Å². The number of aromatic nitrogens is 5. The van der Waals surface area contributed by atoms with Gasteiger partial charge in [-0.3, -0.25) is 0 Å². The summed E-state index contributed by atoms with van der Waals surface area (Å²) in [5, 5.41) is 15.5. The van der Waals surface area contributed by atoms with Crippen molar-refractivity contribution in [2.45, 2.75) is 31.9 Å². The van der Waals surface area contributed by atoms with E-state index in [0.717, 1.165) is 24.7 Å². The molecular weight excluding hydrogens is 347 g/mol. The first-order valence-electron chi connectivity index (χ1n) is 7.80. The maximum absolute atomic E-state index is 14.5. The molecule has 0 aliphatic carbocycles. The van der Waals surface area contributed by atoms with Gasteiger partial charge in [-0.05, 0) is 13.0 Å². The highest BCUT2D eigenvalue weighted by molar-refractivity contribution is 5.30. The van der Waals surface area contributed by atoms with E-state index in [0.29, 0.717) is 11.9 Å². The Morgan fingerprint density at radius 1 is 1.19 bits per heavy atom. The zero-order chi connectivity index (χ0) is 18.9. The lowest BCUT2D eigenvalue weighted by Gasteiger charge is -2.34. The molecule has 2 unspecified atom stereocenters. The summed E-state index contributed by atoms with van der Waals surface area (Å²) in [6.07, 6.45) is 3.46. The molecule has 0 bridgehead atoms. The molecule has 1 aromatic carbocycles. The summed E-state index contributed by atoms with van der Waals surface area (Å²) in [7, 11) is 0. The normalized spacial score (nSPS) is 14.8. The van der Waals surface area contributed by atoms with Crippen LogP contribution in [0.3, 0.4) is 0 Å². The number of hydrogen-bond donors (Lipinski definition) is 1. The molecule has 3 rings (SSSR count). The van der Waals surface area contributed by atoms with E-state index in [1.165, 1.54) is 17.9 Å². The van der Waals surface area contributed by atoms with Gasteiger partial charge in [0.15, 0.2) is 5.82 Å². The highest BCUT2D eigenvalue weighted by atomic mass is 19.1. The van der Waals surface area contributed by atoms with Crippen molar-refractivity contribution in [1.29, 1.82) is 0 Å². The van der Waals surface area contributed by atoms with E-state index in [1.807, 2.05) is 0 Å². The van der Waals surface area contributed by atoms with Gasteiger partial charge in [0.25, 0.3) is 0 Å². The number of halogens is 3. The number of aryl methyl sites for hydroxylation is 1. The van der Waals surface area contributed by atoms with E-state index < -0.39 is 29.0 Å². The first kappa shape index (κ1) is 18.0. The smallest absolute Gasteiger partial charge is 0.163 e. The van der Waals surface area contributed by atoms with Crippen LogP contribution in [0.2, 0.25) is 0 Å². The van der Waals surface area contributed by atoms with Gasteiger partial charge >= 0.3 is 0 Å². The molecule has 3 aromatic rings. The first-order chi connectivity index (χ1) is 12.3. The molecule has 0 saturated carbocycles. The lowest BCUT2D eigenvalue weighted by Crippen LogP contribution is -2.39. The Kier molecular flexibility index (Phi) is 4.73. The van der Waals surface area contributed by atoms with E-state index in [4.69, 9.17) is 0 Å². The molecule has 0 radical (unpaired) electrons. The first-order valence-corrected chi connectivity index (χ1v) is 7.80. The van der Waals surface area contributed by atoms with Crippen LogP contribution in [-0.4, -0.2) is 29.8 Å². The predicted molar refractivity (Wildman–Crippen MR) is 85.4 cm³/mol. The Labute approximate surface area is 147 Å². The third-order valence-electron chi connectivity index (χ3n) is 4.27. The number of nitrogens with zero attached hydrogens (tertiary/aromatic N) is 5. The molecule has 0 aliphatic rings. The van der Waals surface area contributed by atoms with E-state index in [-0.39, 0.29) is 17.8 Å². The second kappa shape index (κ2) is 6.83. The monoisotopic (exact) mass is 363 g/mol. The van der Waals surface area contributed by atoms with E-state index in [9.17, 15) is 18.3 Å². The van der Waals surface area contributed by atoms with Crippen molar-refractivity contribution in [3.8, 4) is 0 Å². The van der Waals surface area contributed by atoms with Crippen molar-refractivity contribution in [2.75, 3.05) is 0 Å². The fourth-order valence-electron chi connectivity index (χ4n) is 2.87. The molecule has 9 heteroatoms. The van der Waals surface area contributed by atoms with Crippen molar-refractivity contribution < 1.29 is 18.3 Å². The number of aliphatic hydroxyl groups is 1. The zero-order valence-corrected chi connectivity index (χ0v) is 14.1. The quantitative estimate of drug-likeness (QED) is 0.754. The fraction of sp³-hybridized carbons (Fsp3) is 0.294. The van der Waals surface area contributed by atoms with Gasteiger partial charge in [-0.15, -0.1) is 0 Å². The number of rotatable bonds is 5. The van der Waals surface area contributed by atoms with E-state index >= 15 is 0 Å². The Balaban J connectivity index is 2.13. The van der Waals surface area contributed by atoms with Gasteiger partial charge in [0.1, 0.15) is 35.7 Å². The minimum atomic E-state index is -1.97. The molecule has 2 aromatic heterocycles. The van der Waals surface area contributed by atoms with Crippen LogP contribution < -0.4 is 0 Å². The largest absolute Gasteiger partial charge is 0.382 e. The van der Waals surface area contributed by atoms with Crippen LogP contribution in [0.25, 0.3) is 0 Å². The summed E-state index contributed by atoms with van der Waals surface area (Å²) in [5.74, 6) is -3.02. The van der Waals surface area contributed by atoms with Crippen molar-refractivity contribution in [1.82, 2.24) is 24.7 Å². The average molecular weight is 363 g/mol. The van der Waals surface area contributed by atoms with Crippen molar-refractivity contribution >= 4 is 0 Å². The summed E-state index contributed by atoms with van der Waals surface area (Å²) in [4.78, 5) is 11.4. The zero-order valence-electron chi connectivity index (χ0n) is 14.1. The number of hydrogen-bond acceptors (Lipinski definition) is 5. The van der Waals surface area contributed by atoms with E-state index in [2.05, 4.69) is 20.1 Å². The molecule has 6 nitrogen and oxygen atoms in total. The van der Waals surface area contributed by atoms with Crippen LogP contribution in [0.4, 0.5) is 13.2 Å². The third-order valence-corrected chi connectivity index (χ3v) is 4.27. The predicted octanol–water partition coefficient (Wildman–Crippen LogP) is 2.49. The van der Waals surface area contributed by atoms with Crippen LogP contribution in [0, 0.1) is 24.4 Å².